The van der Waals surface area contributed by atoms with E-state index in [1.807, 2.05) is 0 Å². The van der Waals surface area contributed by atoms with Crippen LogP contribution in [0.3, 0.4) is 0 Å². The molecule has 2 N–H and O–H groups in total. The lowest BCUT2D eigenvalue weighted by molar-refractivity contribution is -0.00966. The maximum Gasteiger partial charge on any atom is 0.317 e. The number of hydrogen-bond donors (Lipinski definition) is 2. The number of morpholine rings is 1. The first-order valence-corrected chi connectivity index (χ1v) is 8.41. The van der Waals surface area contributed by atoms with E-state index in [2.05, 4.69) is 19.2 Å². The predicted molar refractivity (Wildman–Crippen MR) is 87.1 cm³/mol. The standard InChI is InChI=1S/C17H28N2O4/c1-13(2)5-3-7-18-17(21)19-8-10-22-12-14(19)11-15(20)16-6-4-9-23-16/h4,6,9,13-15,20H,3,5,7-8,10-12H2,1-2H3,(H,18,21). The van der Waals surface area contributed by atoms with Crippen molar-refractivity contribution in [3.63, 3.8) is 0 Å². The van der Waals surface area contributed by atoms with Gasteiger partial charge in [-0.25, -0.2) is 4.79 Å². The van der Waals surface area contributed by atoms with Gasteiger partial charge >= 0.3 is 6.03 Å². The molecule has 23 heavy (non-hydrogen) atoms. The highest BCUT2D eigenvalue weighted by atomic mass is 16.5. The molecule has 0 aromatic carbocycles. The van der Waals surface area contributed by atoms with Crippen LogP contribution in [-0.4, -0.2) is 48.4 Å². The highest BCUT2D eigenvalue weighted by Crippen LogP contribution is 2.23. The molecule has 1 aliphatic rings. The summed E-state index contributed by atoms with van der Waals surface area (Å²) in [4.78, 5) is 14.1. The molecule has 2 atom stereocenters. The van der Waals surface area contributed by atoms with Gasteiger partial charge in [0.25, 0.3) is 0 Å². The summed E-state index contributed by atoms with van der Waals surface area (Å²) in [5.41, 5.74) is 0. The fraction of sp³-hybridized carbons (Fsp3) is 0.706. The largest absolute Gasteiger partial charge is 0.467 e. The Kier molecular flexibility index (Phi) is 6.92. The van der Waals surface area contributed by atoms with Gasteiger partial charge in [-0.2, -0.15) is 0 Å². The number of furan rings is 1. The lowest BCUT2D eigenvalue weighted by Gasteiger charge is -2.36. The van der Waals surface area contributed by atoms with Crippen LogP contribution < -0.4 is 5.32 Å². The Balaban J connectivity index is 1.83. The molecular weight excluding hydrogens is 296 g/mol. The minimum Gasteiger partial charge on any atom is -0.467 e. The molecule has 0 aliphatic carbocycles. The van der Waals surface area contributed by atoms with E-state index in [-0.39, 0.29) is 12.1 Å². The third-order valence-corrected chi connectivity index (χ3v) is 4.09. The lowest BCUT2D eigenvalue weighted by atomic mass is 10.1. The molecule has 0 radical (unpaired) electrons. The van der Waals surface area contributed by atoms with E-state index in [0.717, 1.165) is 12.8 Å². The predicted octanol–water partition coefficient (Wildman–Crippen LogP) is 2.55. The van der Waals surface area contributed by atoms with Crippen LogP contribution in [0.4, 0.5) is 4.79 Å². The first kappa shape index (κ1) is 17.8. The summed E-state index contributed by atoms with van der Waals surface area (Å²) >= 11 is 0. The average molecular weight is 324 g/mol. The second-order valence-electron chi connectivity index (χ2n) is 6.46. The van der Waals surface area contributed by atoms with Gasteiger partial charge in [-0.1, -0.05) is 13.8 Å². The second kappa shape index (κ2) is 8.93. The number of carbonyl (C=O) groups is 1. The zero-order chi connectivity index (χ0) is 16.7. The molecular formula is C17H28N2O4. The Labute approximate surface area is 137 Å². The highest BCUT2D eigenvalue weighted by Gasteiger charge is 2.30. The third-order valence-electron chi connectivity index (χ3n) is 4.09. The number of aliphatic hydroxyl groups excluding tert-OH is 1. The molecule has 0 bridgehead atoms. The Morgan fingerprint density at radius 2 is 2.35 bits per heavy atom. The van der Waals surface area contributed by atoms with Crippen molar-refractivity contribution >= 4 is 6.03 Å². The van der Waals surface area contributed by atoms with E-state index >= 15 is 0 Å². The van der Waals surface area contributed by atoms with Crippen molar-refractivity contribution in [2.75, 3.05) is 26.3 Å². The summed E-state index contributed by atoms with van der Waals surface area (Å²) in [5.74, 6) is 1.17. The number of carbonyl (C=O) groups excluding carboxylic acids is 1. The van der Waals surface area contributed by atoms with Crippen LogP contribution >= 0.6 is 0 Å². The summed E-state index contributed by atoms with van der Waals surface area (Å²) in [6.45, 7) is 6.56. The Morgan fingerprint density at radius 1 is 1.52 bits per heavy atom. The normalized spacial score (nSPS) is 19.8. The fourth-order valence-electron chi connectivity index (χ4n) is 2.78. The van der Waals surface area contributed by atoms with Gasteiger partial charge in [0, 0.05) is 19.5 Å². The molecule has 0 spiro atoms. The number of urea groups is 1. The van der Waals surface area contributed by atoms with Crippen molar-refractivity contribution in [2.45, 2.75) is 45.3 Å². The van der Waals surface area contributed by atoms with Gasteiger partial charge in [0.2, 0.25) is 0 Å². The highest BCUT2D eigenvalue weighted by molar-refractivity contribution is 5.74. The average Bonchev–Trinajstić information content (AvgIpc) is 3.06. The van der Waals surface area contributed by atoms with Crippen molar-refractivity contribution in [1.29, 1.82) is 0 Å². The van der Waals surface area contributed by atoms with Crippen molar-refractivity contribution in [3.8, 4) is 0 Å². The molecule has 2 heterocycles. The quantitative estimate of drug-likeness (QED) is 0.756. The maximum absolute atomic E-state index is 12.4. The zero-order valence-electron chi connectivity index (χ0n) is 14.0. The molecule has 6 heteroatoms. The summed E-state index contributed by atoms with van der Waals surface area (Å²) in [7, 11) is 0. The fourth-order valence-corrected chi connectivity index (χ4v) is 2.78. The van der Waals surface area contributed by atoms with E-state index in [9.17, 15) is 9.90 Å². The summed E-state index contributed by atoms with van der Waals surface area (Å²) in [6.07, 6.45) is 3.30. The van der Waals surface area contributed by atoms with Gasteiger partial charge in [0.05, 0.1) is 25.5 Å². The van der Waals surface area contributed by atoms with Gasteiger partial charge < -0.3 is 24.5 Å². The molecule has 2 amide bonds. The van der Waals surface area contributed by atoms with Crippen molar-refractivity contribution < 1.29 is 19.1 Å². The first-order chi connectivity index (χ1) is 11.1. The molecule has 1 aromatic heterocycles. The van der Waals surface area contributed by atoms with Crippen molar-refractivity contribution in [1.82, 2.24) is 10.2 Å². The van der Waals surface area contributed by atoms with Gasteiger partial charge in [-0.15, -0.1) is 0 Å². The molecule has 130 valence electrons. The van der Waals surface area contributed by atoms with Crippen LogP contribution in [0, 0.1) is 5.92 Å². The van der Waals surface area contributed by atoms with E-state index < -0.39 is 6.10 Å². The summed E-state index contributed by atoms with van der Waals surface area (Å²) in [5, 5.41) is 13.2. The maximum atomic E-state index is 12.4. The van der Waals surface area contributed by atoms with Crippen molar-refractivity contribution in [2.24, 2.45) is 5.92 Å². The molecule has 2 rings (SSSR count). The lowest BCUT2D eigenvalue weighted by Crippen LogP contribution is -2.53. The summed E-state index contributed by atoms with van der Waals surface area (Å²) in [6, 6.07) is 3.27. The minimum absolute atomic E-state index is 0.0753. The van der Waals surface area contributed by atoms with Gasteiger partial charge in [-0.05, 0) is 30.9 Å². The van der Waals surface area contributed by atoms with Gasteiger partial charge in [0.15, 0.2) is 0 Å². The number of nitrogens with zero attached hydrogens (tertiary/aromatic N) is 1. The first-order valence-electron chi connectivity index (χ1n) is 8.41. The third kappa shape index (κ3) is 5.55. The second-order valence-corrected chi connectivity index (χ2v) is 6.46. The van der Waals surface area contributed by atoms with E-state index in [1.165, 1.54) is 6.26 Å². The van der Waals surface area contributed by atoms with Crippen molar-refractivity contribution in [3.05, 3.63) is 24.2 Å². The molecule has 1 aromatic rings. The summed E-state index contributed by atoms with van der Waals surface area (Å²) < 4.78 is 10.7. The van der Waals surface area contributed by atoms with E-state index in [4.69, 9.17) is 9.15 Å². The van der Waals surface area contributed by atoms with Crippen LogP contribution in [0.25, 0.3) is 0 Å². The van der Waals surface area contributed by atoms with E-state index in [1.54, 1.807) is 17.0 Å². The molecule has 1 fully saturated rings. The van der Waals surface area contributed by atoms with Gasteiger partial charge in [0.1, 0.15) is 11.9 Å². The zero-order valence-corrected chi connectivity index (χ0v) is 14.0. The number of hydrogen-bond acceptors (Lipinski definition) is 4. The van der Waals surface area contributed by atoms with E-state index in [0.29, 0.717) is 44.4 Å². The smallest absolute Gasteiger partial charge is 0.317 e. The van der Waals surface area contributed by atoms with Crippen LogP contribution in [0.1, 0.15) is 45.0 Å². The SMILES string of the molecule is CC(C)CCCNC(=O)N1CCOCC1CC(O)c1ccco1. The molecule has 0 saturated carbocycles. The molecule has 1 saturated heterocycles. The van der Waals surface area contributed by atoms with Crippen LogP contribution in [0.2, 0.25) is 0 Å². The number of rotatable bonds is 7. The number of ether oxygens (including phenoxy) is 1. The monoisotopic (exact) mass is 324 g/mol. The topological polar surface area (TPSA) is 74.9 Å². The Morgan fingerprint density at radius 3 is 3.04 bits per heavy atom. The Bertz CT molecular complexity index is 461. The van der Waals surface area contributed by atoms with Crippen LogP contribution in [0.5, 0.6) is 0 Å². The number of aliphatic hydroxyl groups is 1. The number of nitrogens with one attached hydrogen (secondary N) is 1. The minimum atomic E-state index is -0.729. The number of amides is 2. The molecule has 2 unspecified atom stereocenters. The van der Waals surface area contributed by atoms with Gasteiger partial charge in [-0.3, -0.25) is 0 Å². The Hall–Kier alpha value is -1.53. The molecule has 1 aliphatic heterocycles. The molecule has 6 nitrogen and oxygen atoms in total. The van der Waals surface area contributed by atoms with Crippen LogP contribution in [0.15, 0.2) is 22.8 Å². The van der Waals surface area contributed by atoms with Crippen LogP contribution in [-0.2, 0) is 4.74 Å².